The minimum atomic E-state index is 0.0842. The standard InChI is InChI=1S/C16H14BrCl2N3O2S/c1-23-14-5-10(7-21-22-16(20)25)11(17)6-15(14)24-8-9-2-3-12(18)13(19)4-9/h2-7H,8H2,1H3,(H3,20,22,25)/b21-7-. The van der Waals surface area contributed by atoms with Crippen molar-refractivity contribution in [1.82, 2.24) is 5.43 Å². The maximum Gasteiger partial charge on any atom is 0.184 e. The van der Waals surface area contributed by atoms with Gasteiger partial charge < -0.3 is 15.2 Å². The normalized spacial score (nSPS) is 10.7. The van der Waals surface area contributed by atoms with E-state index in [1.165, 1.54) is 0 Å². The number of nitrogens with one attached hydrogen (secondary N) is 1. The van der Waals surface area contributed by atoms with Gasteiger partial charge in [-0.1, -0.05) is 29.3 Å². The predicted octanol–water partition coefficient (Wildman–Crippen LogP) is 4.51. The molecule has 2 aromatic rings. The third-order valence-electron chi connectivity index (χ3n) is 3.04. The Bertz CT molecular complexity index is 818. The molecule has 0 radical (unpaired) electrons. The van der Waals surface area contributed by atoms with E-state index in [-0.39, 0.29) is 5.11 Å². The summed E-state index contributed by atoms with van der Waals surface area (Å²) in [5.74, 6) is 1.12. The van der Waals surface area contributed by atoms with Gasteiger partial charge in [-0.2, -0.15) is 5.10 Å². The zero-order chi connectivity index (χ0) is 18.4. The van der Waals surface area contributed by atoms with Crippen LogP contribution in [-0.4, -0.2) is 18.4 Å². The van der Waals surface area contributed by atoms with Gasteiger partial charge in [0.1, 0.15) is 6.61 Å². The van der Waals surface area contributed by atoms with E-state index in [1.807, 2.05) is 6.07 Å². The highest BCUT2D eigenvalue weighted by Gasteiger charge is 2.10. The van der Waals surface area contributed by atoms with Gasteiger partial charge in [0.25, 0.3) is 0 Å². The fraction of sp³-hybridized carbons (Fsp3) is 0.125. The maximum atomic E-state index is 6.01. The minimum absolute atomic E-state index is 0.0842. The second-order valence-corrected chi connectivity index (χ2v) is 6.90. The molecule has 0 spiro atoms. The zero-order valence-corrected chi connectivity index (χ0v) is 17.0. The van der Waals surface area contributed by atoms with Gasteiger partial charge in [0, 0.05) is 10.0 Å². The molecule has 0 aliphatic carbocycles. The summed E-state index contributed by atoms with van der Waals surface area (Å²) in [6.45, 7) is 0.316. The minimum Gasteiger partial charge on any atom is -0.493 e. The van der Waals surface area contributed by atoms with E-state index in [2.05, 4.69) is 26.5 Å². The van der Waals surface area contributed by atoms with Crippen molar-refractivity contribution in [2.45, 2.75) is 6.61 Å². The van der Waals surface area contributed by atoms with Crippen LogP contribution in [0.15, 0.2) is 39.9 Å². The number of hydrogen-bond acceptors (Lipinski definition) is 4. The Kier molecular flexibility index (Phi) is 7.31. The van der Waals surface area contributed by atoms with Gasteiger partial charge in [0.05, 0.1) is 23.4 Å². The highest BCUT2D eigenvalue weighted by atomic mass is 79.9. The van der Waals surface area contributed by atoms with Crippen LogP contribution in [0, 0.1) is 0 Å². The van der Waals surface area contributed by atoms with E-state index >= 15 is 0 Å². The molecule has 0 saturated heterocycles. The average Bonchev–Trinajstić information content (AvgIpc) is 2.57. The summed E-state index contributed by atoms with van der Waals surface area (Å²) >= 11 is 20.1. The van der Waals surface area contributed by atoms with Crippen LogP contribution in [0.5, 0.6) is 11.5 Å². The van der Waals surface area contributed by atoms with Crippen LogP contribution < -0.4 is 20.6 Å². The van der Waals surface area contributed by atoms with Crippen molar-refractivity contribution in [3.05, 3.63) is 56.0 Å². The molecule has 132 valence electrons. The number of halogens is 3. The van der Waals surface area contributed by atoms with Gasteiger partial charge in [-0.15, -0.1) is 0 Å². The Labute approximate surface area is 169 Å². The maximum absolute atomic E-state index is 6.01. The van der Waals surface area contributed by atoms with Crippen molar-refractivity contribution < 1.29 is 9.47 Å². The van der Waals surface area contributed by atoms with Crippen LogP contribution in [0.2, 0.25) is 10.0 Å². The monoisotopic (exact) mass is 461 g/mol. The Balaban J connectivity index is 2.17. The van der Waals surface area contributed by atoms with Crippen LogP contribution in [0.4, 0.5) is 0 Å². The first-order valence-corrected chi connectivity index (χ1v) is 8.89. The summed E-state index contributed by atoms with van der Waals surface area (Å²) in [5.41, 5.74) is 9.47. The van der Waals surface area contributed by atoms with E-state index in [4.69, 9.17) is 50.6 Å². The second kappa shape index (κ2) is 9.24. The molecule has 25 heavy (non-hydrogen) atoms. The van der Waals surface area contributed by atoms with Crippen molar-refractivity contribution >= 4 is 62.7 Å². The summed E-state index contributed by atoms with van der Waals surface area (Å²) in [5, 5.41) is 4.99. The molecule has 2 rings (SSSR count). The zero-order valence-electron chi connectivity index (χ0n) is 13.1. The molecule has 0 saturated carbocycles. The number of nitrogens with zero attached hydrogens (tertiary/aromatic N) is 1. The molecular weight excluding hydrogens is 449 g/mol. The largest absolute Gasteiger partial charge is 0.493 e. The molecule has 0 unspecified atom stereocenters. The molecule has 0 aliphatic rings. The lowest BCUT2D eigenvalue weighted by Crippen LogP contribution is -2.24. The van der Waals surface area contributed by atoms with Crippen molar-refractivity contribution in [3.8, 4) is 11.5 Å². The molecule has 0 fully saturated rings. The van der Waals surface area contributed by atoms with Crippen LogP contribution in [0.1, 0.15) is 11.1 Å². The number of hydrazone groups is 1. The van der Waals surface area contributed by atoms with Gasteiger partial charge in [0.2, 0.25) is 0 Å². The predicted molar refractivity (Wildman–Crippen MR) is 109 cm³/mol. The molecule has 0 amide bonds. The van der Waals surface area contributed by atoms with Crippen molar-refractivity contribution in [1.29, 1.82) is 0 Å². The first-order valence-electron chi connectivity index (χ1n) is 6.93. The van der Waals surface area contributed by atoms with Crippen LogP contribution in [0.3, 0.4) is 0 Å². The van der Waals surface area contributed by atoms with Crippen LogP contribution >= 0.6 is 51.3 Å². The number of ether oxygens (including phenoxy) is 2. The van der Waals surface area contributed by atoms with Gasteiger partial charge in [-0.05, 0) is 58.0 Å². The Morgan fingerprint density at radius 1 is 1.28 bits per heavy atom. The average molecular weight is 463 g/mol. The number of thiocarbonyl (C=S) groups is 1. The molecule has 2 aromatic carbocycles. The highest BCUT2D eigenvalue weighted by Crippen LogP contribution is 2.33. The third kappa shape index (κ3) is 5.74. The Hall–Kier alpha value is -1.54. The third-order valence-corrected chi connectivity index (χ3v) is 4.56. The van der Waals surface area contributed by atoms with E-state index in [9.17, 15) is 0 Å². The van der Waals surface area contributed by atoms with Crippen molar-refractivity contribution in [2.24, 2.45) is 10.8 Å². The Morgan fingerprint density at radius 3 is 2.68 bits per heavy atom. The van der Waals surface area contributed by atoms with E-state index in [1.54, 1.807) is 37.6 Å². The molecule has 0 bridgehead atoms. The first-order chi connectivity index (χ1) is 11.9. The molecule has 5 nitrogen and oxygen atoms in total. The van der Waals surface area contributed by atoms with E-state index < -0.39 is 0 Å². The van der Waals surface area contributed by atoms with E-state index in [0.717, 1.165) is 15.6 Å². The quantitative estimate of drug-likeness (QED) is 0.375. The van der Waals surface area contributed by atoms with Crippen LogP contribution in [-0.2, 0) is 6.61 Å². The number of nitrogens with two attached hydrogens (primary N) is 1. The SMILES string of the molecule is COc1cc(/C=N\NC(N)=S)c(Br)cc1OCc1ccc(Cl)c(Cl)c1. The van der Waals surface area contributed by atoms with E-state index in [0.29, 0.717) is 28.2 Å². The molecule has 3 N–H and O–H groups in total. The molecule has 0 aliphatic heterocycles. The number of methoxy groups -OCH3 is 1. The van der Waals surface area contributed by atoms with Gasteiger partial charge >= 0.3 is 0 Å². The second-order valence-electron chi connectivity index (χ2n) is 4.80. The lowest BCUT2D eigenvalue weighted by molar-refractivity contribution is 0.284. The molecule has 0 heterocycles. The van der Waals surface area contributed by atoms with Crippen molar-refractivity contribution in [3.63, 3.8) is 0 Å². The number of benzene rings is 2. The lowest BCUT2D eigenvalue weighted by Gasteiger charge is -2.13. The number of hydrogen-bond donors (Lipinski definition) is 2. The van der Waals surface area contributed by atoms with Crippen LogP contribution in [0.25, 0.3) is 0 Å². The topological polar surface area (TPSA) is 68.9 Å². The fourth-order valence-corrected chi connectivity index (χ4v) is 2.68. The van der Waals surface area contributed by atoms with Gasteiger partial charge in [-0.25, -0.2) is 0 Å². The molecular formula is C16H14BrCl2N3O2S. The lowest BCUT2D eigenvalue weighted by atomic mass is 10.2. The summed E-state index contributed by atoms with van der Waals surface area (Å²) in [7, 11) is 1.56. The summed E-state index contributed by atoms with van der Waals surface area (Å²) in [4.78, 5) is 0. The Morgan fingerprint density at radius 2 is 2.04 bits per heavy atom. The summed E-state index contributed by atoms with van der Waals surface area (Å²) in [6.07, 6.45) is 1.56. The fourth-order valence-electron chi connectivity index (χ4n) is 1.88. The summed E-state index contributed by atoms with van der Waals surface area (Å²) < 4.78 is 12.0. The van der Waals surface area contributed by atoms with Gasteiger partial charge in [-0.3, -0.25) is 5.43 Å². The number of rotatable bonds is 6. The molecule has 0 atom stereocenters. The highest BCUT2D eigenvalue weighted by molar-refractivity contribution is 9.10. The van der Waals surface area contributed by atoms with Gasteiger partial charge in [0.15, 0.2) is 16.6 Å². The first kappa shape index (κ1) is 19.8. The summed E-state index contributed by atoms with van der Waals surface area (Å²) in [6, 6.07) is 8.90. The molecule has 0 aromatic heterocycles. The van der Waals surface area contributed by atoms with Crippen molar-refractivity contribution in [2.75, 3.05) is 7.11 Å². The smallest absolute Gasteiger partial charge is 0.184 e. The molecule has 9 heteroatoms.